The standard InChI is InChI=1S/C51H31N3O/c1-3-11-32(12-4-1)37-16-9-17-38(29-37)39-27-28-45-44(30-39)48-42(19-10-20-46(48)55-45)51-53-49(36-14-5-2-6-15-36)52-50(54-51)40-26-23-34-22-25-35-24-21-33-13-7-8-18-41(33)47(35)43(34)31-40/h1-31H. The van der Waals surface area contributed by atoms with Gasteiger partial charge in [0, 0.05) is 27.5 Å². The molecule has 4 heteroatoms. The second-order valence-electron chi connectivity index (χ2n) is 14.0. The zero-order valence-electron chi connectivity index (χ0n) is 29.6. The quantitative estimate of drug-likeness (QED) is 0.168. The first-order valence-electron chi connectivity index (χ1n) is 18.5. The van der Waals surface area contributed by atoms with Gasteiger partial charge in [-0.1, -0.05) is 158 Å². The molecule has 0 bridgehead atoms. The molecular formula is C51H31N3O. The fourth-order valence-corrected chi connectivity index (χ4v) is 8.01. The van der Waals surface area contributed by atoms with Gasteiger partial charge in [0.1, 0.15) is 11.2 Å². The van der Waals surface area contributed by atoms with Crippen molar-refractivity contribution in [1.29, 1.82) is 0 Å². The highest BCUT2D eigenvalue weighted by atomic mass is 16.3. The Kier molecular flexibility index (Phi) is 7.14. The molecule has 0 unspecified atom stereocenters. The molecule has 4 nitrogen and oxygen atoms in total. The van der Waals surface area contributed by atoms with Crippen molar-refractivity contribution in [1.82, 2.24) is 15.0 Å². The van der Waals surface area contributed by atoms with Crippen LogP contribution >= 0.6 is 0 Å². The van der Waals surface area contributed by atoms with E-state index >= 15 is 0 Å². The minimum absolute atomic E-state index is 0.595. The zero-order valence-corrected chi connectivity index (χ0v) is 29.6. The number of rotatable bonds is 5. The monoisotopic (exact) mass is 701 g/mol. The molecular weight excluding hydrogens is 671 g/mol. The first-order valence-corrected chi connectivity index (χ1v) is 18.5. The van der Waals surface area contributed by atoms with Crippen LogP contribution in [0.3, 0.4) is 0 Å². The van der Waals surface area contributed by atoms with Crippen molar-refractivity contribution in [2.45, 2.75) is 0 Å². The van der Waals surface area contributed by atoms with E-state index in [1.54, 1.807) is 0 Å². The minimum Gasteiger partial charge on any atom is -0.456 e. The highest BCUT2D eigenvalue weighted by Gasteiger charge is 2.19. The van der Waals surface area contributed by atoms with Gasteiger partial charge in [-0.05, 0) is 84.9 Å². The summed E-state index contributed by atoms with van der Waals surface area (Å²) in [5, 5.41) is 9.21. The lowest BCUT2D eigenvalue weighted by molar-refractivity contribution is 0.669. The Morgan fingerprint density at radius 2 is 0.855 bits per heavy atom. The van der Waals surface area contributed by atoms with Crippen LogP contribution < -0.4 is 0 Å². The smallest absolute Gasteiger partial charge is 0.164 e. The molecule has 256 valence electrons. The van der Waals surface area contributed by atoms with Gasteiger partial charge >= 0.3 is 0 Å². The summed E-state index contributed by atoms with van der Waals surface area (Å²) in [5.41, 5.74) is 8.97. The number of hydrogen-bond donors (Lipinski definition) is 0. The molecule has 0 saturated carbocycles. The summed E-state index contributed by atoms with van der Waals surface area (Å²) < 4.78 is 6.48. The van der Waals surface area contributed by atoms with Crippen LogP contribution in [0, 0.1) is 0 Å². The molecule has 0 aliphatic carbocycles. The largest absolute Gasteiger partial charge is 0.456 e. The Labute approximate surface area is 317 Å². The molecule has 0 atom stereocenters. The summed E-state index contributed by atoms with van der Waals surface area (Å²) >= 11 is 0. The Morgan fingerprint density at radius 1 is 0.291 bits per heavy atom. The van der Waals surface area contributed by atoms with E-state index in [9.17, 15) is 0 Å². The van der Waals surface area contributed by atoms with Crippen LogP contribution in [0.1, 0.15) is 0 Å². The molecule has 0 amide bonds. The fraction of sp³-hybridized carbons (Fsp3) is 0. The average Bonchev–Trinajstić information content (AvgIpc) is 3.65. The zero-order chi connectivity index (χ0) is 36.3. The minimum atomic E-state index is 0.595. The molecule has 11 rings (SSSR count). The van der Waals surface area contributed by atoms with Crippen LogP contribution in [0.2, 0.25) is 0 Å². The molecule has 2 heterocycles. The van der Waals surface area contributed by atoms with Crippen LogP contribution in [-0.2, 0) is 0 Å². The first kappa shape index (κ1) is 31.1. The van der Waals surface area contributed by atoms with Gasteiger partial charge in [-0.2, -0.15) is 0 Å². The maximum absolute atomic E-state index is 6.48. The Bertz CT molecular complexity index is 3250. The molecule has 0 aliphatic rings. The van der Waals surface area contributed by atoms with E-state index in [1.165, 1.54) is 43.4 Å². The number of aromatic nitrogens is 3. The van der Waals surface area contributed by atoms with E-state index in [0.717, 1.165) is 49.8 Å². The Morgan fingerprint density at radius 3 is 1.67 bits per heavy atom. The van der Waals surface area contributed by atoms with Gasteiger partial charge in [-0.3, -0.25) is 0 Å². The van der Waals surface area contributed by atoms with Crippen LogP contribution in [0.5, 0.6) is 0 Å². The van der Waals surface area contributed by atoms with Crippen molar-refractivity contribution < 1.29 is 4.42 Å². The van der Waals surface area contributed by atoms with E-state index in [2.05, 4.69) is 140 Å². The Hall–Kier alpha value is -7.43. The van der Waals surface area contributed by atoms with E-state index in [1.807, 2.05) is 48.5 Å². The third kappa shape index (κ3) is 5.34. The predicted octanol–water partition coefficient (Wildman–Crippen LogP) is 13.6. The van der Waals surface area contributed by atoms with Crippen molar-refractivity contribution >= 4 is 54.3 Å². The summed E-state index contributed by atoms with van der Waals surface area (Å²) in [6.07, 6.45) is 0. The lowest BCUT2D eigenvalue weighted by Crippen LogP contribution is -2.00. The summed E-state index contributed by atoms with van der Waals surface area (Å²) in [6, 6.07) is 65.8. The molecule has 0 spiro atoms. The molecule has 0 saturated heterocycles. The summed E-state index contributed by atoms with van der Waals surface area (Å²) in [5.74, 6) is 1.83. The van der Waals surface area contributed by atoms with Crippen molar-refractivity contribution in [3.63, 3.8) is 0 Å². The third-order valence-corrected chi connectivity index (χ3v) is 10.7. The van der Waals surface area contributed by atoms with Crippen molar-refractivity contribution in [3.8, 4) is 56.4 Å². The Balaban J connectivity index is 1.11. The summed E-state index contributed by atoms with van der Waals surface area (Å²) in [7, 11) is 0. The van der Waals surface area contributed by atoms with E-state index < -0.39 is 0 Å². The first-order chi connectivity index (χ1) is 27.2. The third-order valence-electron chi connectivity index (χ3n) is 10.7. The molecule has 11 aromatic rings. The fourth-order valence-electron chi connectivity index (χ4n) is 8.01. The highest BCUT2D eigenvalue weighted by Crippen LogP contribution is 2.40. The number of hydrogen-bond acceptors (Lipinski definition) is 4. The van der Waals surface area contributed by atoms with Gasteiger partial charge < -0.3 is 4.42 Å². The predicted molar refractivity (Wildman–Crippen MR) is 227 cm³/mol. The van der Waals surface area contributed by atoms with Crippen LogP contribution in [0.25, 0.3) is 111 Å². The second kappa shape index (κ2) is 12.6. The molecule has 0 N–H and O–H groups in total. The molecule has 0 radical (unpaired) electrons. The van der Waals surface area contributed by atoms with E-state index in [0.29, 0.717) is 17.5 Å². The van der Waals surface area contributed by atoms with Crippen LogP contribution in [-0.4, -0.2) is 15.0 Å². The molecule has 2 aromatic heterocycles. The lowest BCUT2D eigenvalue weighted by Gasteiger charge is -2.12. The van der Waals surface area contributed by atoms with Crippen molar-refractivity contribution in [3.05, 3.63) is 188 Å². The second-order valence-corrected chi connectivity index (χ2v) is 14.0. The molecule has 0 fully saturated rings. The summed E-state index contributed by atoms with van der Waals surface area (Å²) in [4.78, 5) is 15.5. The highest BCUT2D eigenvalue weighted by molar-refractivity contribution is 6.20. The van der Waals surface area contributed by atoms with Gasteiger partial charge in [-0.25, -0.2) is 15.0 Å². The number of furan rings is 1. The SMILES string of the molecule is c1ccc(-c2cccc(-c3ccc4oc5cccc(-c6nc(-c7ccccc7)nc(-c7ccc8ccc9ccc%10ccccc%10c9c8c7)n6)c5c4c3)c2)cc1. The number of nitrogens with zero attached hydrogens (tertiary/aromatic N) is 3. The molecule has 9 aromatic carbocycles. The van der Waals surface area contributed by atoms with Gasteiger partial charge in [0.2, 0.25) is 0 Å². The average molecular weight is 702 g/mol. The van der Waals surface area contributed by atoms with Crippen molar-refractivity contribution in [2.75, 3.05) is 0 Å². The molecule has 55 heavy (non-hydrogen) atoms. The van der Waals surface area contributed by atoms with Gasteiger partial charge in [0.25, 0.3) is 0 Å². The topological polar surface area (TPSA) is 51.8 Å². The number of fused-ring (bicyclic) bond motifs is 8. The number of benzene rings is 9. The van der Waals surface area contributed by atoms with Crippen LogP contribution in [0.15, 0.2) is 192 Å². The van der Waals surface area contributed by atoms with Crippen molar-refractivity contribution in [2.24, 2.45) is 0 Å². The van der Waals surface area contributed by atoms with Gasteiger partial charge in [0.05, 0.1) is 0 Å². The van der Waals surface area contributed by atoms with E-state index in [-0.39, 0.29) is 0 Å². The maximum Gasteiger partial charge on any atom is 0.164 e. The molecule has 0 aliphatic heterocycles. The maximum atomic E-state index is 6.48. The summed E-state index contributed by atoms with van der Waals surface area (Å²) in [6.45, 7) is 0. The van der Waals surface area contributed by atoms with Gasteiger partial charge in [0.15, 0.2) is 17.5 Å². The van der Waals surface area contributed by atoms with E-state index in [4.69, 9.17) is 19.4 Å². The lowest BCUT2D eigenvalue weighted by atomic mass is 9.95. The van der Waals surface area contributed by atoms with Crippen LogP contribution in [0.4, 0.5) is 0 Å². The normalized spacial score (nSPS) is 11.6. The van der Waals surface area contributed by atoms with Gasteiger partial charge in [-0.15, -0.1) is 0 Å².